The summed E-state index contributed by atoms with van der Waals surface area (Å²) in [6, 6.07) is 24.3. The summed E-state index contributed by atoms with van der Waals surface area (Å²) in [5.74, 6) is 0. The molecule has 0 bridgehead atoms. The third-order valence-corrected chi connectivity index (χ3v) is 6.09. The van der Waals surface area contributed by atoms with Crippen molar-refractivity contribution in [2.75, 3.05) is 5.32 Å². The van der Waals surface area contributed by atoms with Gasteiger partial charge < -0.3 is 5.32 Å². The van der Waals surface area contributed by atoms with Crippen LogP contribution in [0.2, 0.25) is 0 Å². The molecule has 1 atom stereocenters. The molecule has 0 aliphatic rings. The average Bonchev–Trinajstić information content (AvgIpc) is 2.68. The van der Waals surface area contributed by atoms with Crippen LogP contribution in [0.25, 0.3) is 10.8 Å². The minimum atomic E-state index is -0.0982. The molecule has 136 valence electrons. The van der Waals surface area contributed by atoms with Crippen molar-refractivity contribution < 1.29 is 0 Å². The quantitative estimate of drug-likeness (QED) is 0.495. The van der Waals surface area contributed by atoms with Gasteiger partial charge in [-0.25, -0.2) is 0 Å². The molecule has 3 aromatic rings. The molecule has 0 spiro atoms. The molecule has 1 nitrogen and oxygen atoms in total. The fourth-order valence-electron chi connectivity index (χ4n) is 3.49. The minimum Gasteiger partial charge on any atom is -0.375 e. The molecule has 0 saturated heterocycles. The molecular formula is C25H31N. The standard InChI is InChI=1S/C25H31N/c1-6-24(3,4)20-15-17-21(18-16-20)25(5,7-2)26-23-14-10-12-19-11-8-9-13-22(19)23/h8-18,26H,6-7H2,1-5H3. The fraction of sp³-hybridized carbons (Fsp3) is 0.360. The Morgan fingerprint density at radius 1 is 0.692 bits per heavy atom. The second-order valence-corrected chi connectivity index (χ2v) is 8.15. The molecule has 1 N–H and O–H groups in total. The van der Waals surface area contributed by atoms with Crippen molar-refractivity contribution in [2.24, 2.45) is 0 Å². The Balaban J connectivity index is 1.96. The van der Waals surface area contributed by atoms with E-state index in [2.05, 4.69) is 107 Å². The Bertz CT molecular complexity index is 871. The molecule has 0 fully saturated rings. The third kappa shape index (κ3) is 3.49. The number of rotatable bonds is 6. The maximum absolute atomic E-state index is 3.84. The van der Waals surface area contributed by atoms with E-state index in [9.17, 15) is 0 Å². The summed E-state index contributed by atoms with van der Waals surface area (Å²) in [6.07, 6.45) is 2.17. The van der Waals surface area contributed by atoms with Crippen molar-refractivity contribution in [3.8, 4) is 0 Å². The summed E-state index contributed by atoms with van der Waals surface area (Å²) in [7, 11) is 0. The fourth-order valence-corrected chi connectivity index (χ4v) is 3.49. The first-order chi connectivity index (χ1) is 12.4. The SMILES string of the molecule is CCC(C)(C)c1ccc(C(C)(CC)Nc2cccc3ccccc23)cc1. The molecular weight excluding hydrogens is 314 g/mol. The molecule has 0 amide bonds. The van der Waals surface area contributed by atoms with Gasteiger partial charge in [0.25, 0.3) is 0 Å². The maximum Gasteiger partial charge on any atom is 0.0594 e. The van der Waals surface area contributed by atoms with Crippen LogP contribution in [0.3, 0.4) is 0 Å². The van der Waals surface area contributed by atoms with Crippen molar-refractivity contribution in [1.82, 2.24) is 0 Å². The Morgan fingerprint density at radius 2 is 1.31 bits per heavy atom. The van der Waals surface area contributed by atoms with Gasteiger partial charge in [-0.3, -0.25) is 0 Å². The molecule has 0 radical (unpaired) electrons. The summed E-state index contributed by atoms with van der Waals surface area (Å²) in [6.45, 7) is 11.4. The van der Waals surface area contributed by atoms with Crippen molar-refractivity contribution in [3.63, 3.8) is 0 Å². The zero-order chi connectivity index (χ0) is 18.8. The number of nitrogens with one attached hydrogen (secondary N) is 1. The van der Waals surface area contributed by atoms with E-state index in [4.69, 9.17) is 0 Å². The van der Waals surface area contributed by atoms with Gasteiger partial charge in [-0.05, 0) is 47.8 Å². The highest BCUT2D eigenvalue weighted by Crippen LogP contribution is 2.34. The van der Waals surface area contributed by atoms with Gasteiger partial charge in [0.1, 0.15) is 0 Å². The van der Waals surface area contributed by atoms with E-state index in [1.807, 2.05) is 0 Å². The van der Waals surface area contributed by atoms with E-state index in [0.29, 0.717) is 0 Å². The van der Waals surface area contributed by atoms with Crippen LogP contribution in [-0.4, -0.2) is 0 Å². The highest BCUT2D eigenvalue weighted by molar-refractivity contribution is 5.94. The third-order valence-electron chi connectivity index (χ3n) is 6.09. The van der Waals surface area contributed by atoms with Gasteiger partial charge in [0.15, 0.2) is 0 Å². The Labute approximate surface area is 158 Å². The van der Waals surface area contributed by atoms with Gasteiger partial charge in [0, 0.05) is 11.1 Å². The van der Waals surface area contributed by atoms with Crippen molar-refractivity contribution >= 4 is 16.5 Å². The lowest BCUT2D eigenvalue weighted by atomic mass is 9.80. The van der Waals surface area contributed by atoms with E-state index in [0.717, 1.165) is 12.8 Å². The molecule has 0 heterocycles. The second-order valence-electron chi connectivity index (χ2n) is 8.15. The maximum atomic E-state index is 3.84. The largest absolute Gasteiger partial charge is 0.375 e. The topological polar surface area (TPSA) is 12.0 Å². The first-order valence-corrected chi connectivity index (χ1v) is 9.76. The number of hydrogen-bond acceptors (Lipinski definition) is 1. The van der Waals surface area contributed by atoms with Gasteiger partial charge in [0.05, 0.1) is 5.54 Å². The molecule has 26 heavy (non-hydrogen) atoms. The van der Waals surface area contributed by atoms with Crippen LogP contribution in [0.5, 0.6) is 0 Å². The molecule has 0 aliphatic heterocycles. The van der Waals surface area contributed by atoms with Crippen LogP contribution < -0.4 is 5.32 Å². The predicted molar refractivity (Wildman–Crippen MR) is 115 cm³/mol. The lowest BCUT2D eigenvalue weighted by Crippen LogP contribution is -2.31. The zero-order valence-corrected chi connectivity index (χ0v) is 16.8. The Kier molecular flexibility index (Phi) is 5.09. The predicted octanol–water partition coefficient (Wildman–Crippen LogP) is 7.26. The van der Waals surface area contributed by atoms with E-state index in [-0.39, 0.29) is 11.0 Å². The molecule has 1 unspecified atom stereocenters. The Morgan fingerprint density at radius 3 is 1.96 bits per heavy atom. The van der Waals surface area contributed by atoms with Crippen LogP contribution in [0.1, 0.15) is 58.6 Å². The van der Waals surface area contributed by atoms with Gasteiger partial charge in [-0.15, -0.1) is 0 Å². The van der Waals surface area contributed by atoms with Crippen molar-refractivity contribution in [2.45, 2.75) is 58.4 Å². The van der Waals surface area contributed by atoms with Crippen molar-refractivity contribution in [1.29, 1.82) is 0 Å². The lowest BCUT2D eigenvalue weighted by molar-refractivity contribution is 0.501. The number of benzene rings is 3. The van der Waals surface area contributed by atoms with Gasteiger partial charge in [-0.1, -0.05) is 88.4 Å². The van der Waals surface area contributed by atoms with Crippen LogP contribution in [0.15, 0.2) is 66.7 Å². The molecule has 0 saturated carbocycles. The number of anilines is 1. The average molecular weight is 346 g/mol. The number of fused-ring (bicyclic) bond motifs is 1. The van der Waals surface area contributed by atoms with Gasteiger partial charge in [0.2, 0.25) is 0 Å². The first kappa shape index (κ1) is 18.5. The first-order valence-electron chi connectivity index (χ1n) is 9.76. The smallest absolute Gasteiger partial charge is 0.0594 e. The monoisotopic (exact) mass is 345 g/mol. The minimum absolute atomic E-state index is 0.0982. The van der Waals surface area contributed by atoms with E-state index in [1.165, 1.54) is 27.6 Å². The van der Waals surface area contributed by atoms with Crippen LogP contribution >= 0.6 is 0 Å². The van der Waals surface area contributed by atoms with Gasteiger partial charge >= 0.3 is 0 Å². The van der Waals surface area contributed by atoms with Crippen molar-refractivity contribution in [3.05, 3.63) is 77.9 Å². The number of hydrogen-bond donors (Lipinski definition) is 1. The normalized spacial score (nSPS) is 14.2. The summed E-state index contributed by atoms with van der Waals surface area (Å²) in [5, 5.41) is 6.39. The second kappa shape index (κ2) is 7.15. The van der Waals surface area contributed by atoms with E-state index in [1.54, 1.807) is 0 Å². The molecule has 0 aliphatic carbocycles. The van der Waals surface area contributed by atoms with Crippen LogP contribution in [0, 0.1) is 0 Å². The zero-order valence-electron chi connectivity index (χ0n) is 16.8. The van der Waals surface area contributed by atoms with E-state index < -0.39 is 0 Å². The molecule has 3 aromatic carbocycles. The molecule has 0 aromatic heterocycles. The van der Waals surface area contributed by atoms with Crippen LogP contribution in [-0.2, 0) is 11.0 Å². The molecule has 1 heteroatoms. The van der Waals surface area contributed by atoms with E-state index >= 15 is 0 Å². The van der Waals surface area contributed by atoms with Gasteiger partial charge in [-0.2, -0.15) is 0 Å². The Hall–Kier alpha value is -2.28. The lowest BCUT2D eigenvalue weighted by Gasteiger charge is -2.33. The highest BCUT2D eigenvalue weighted by atomic mass is 15.0. The summed E-state index contributed by atoms with van der Waals surface area (Å²) in [4.78, 5) is 0. The summed E-state index contributed by atoms with van der Waals surface area (Å²) >= 11 is 0. The highest BCUT2D eigenvalue weighted by Gasteiger charge is 2.26. The van der Waals surface area contributed by atoms with Crippen LogP contribution in [0.4, 0.5) is 5.69 Å². The summed E-state index contributed by atoms with van der Waals surface area (Å²) < 4.78 is 0. The molecule has 3 rings (SSSR count). The summed E-state index contributed by atoms with van der Waals surface area (Å²) in [5.41, 5.74) is 4.07.